The van der Waals surface area contributed by atoms with Gasteiger partial charge >= 0.3 is 5.97 Å². The fourth-order valence-corrected chi connectivity index (χ4v) is 1.80. The highest BCUT2D eigenvalue weighted by molar-refractivity contribution is 5.67. The minimum absolute atomic E-state index is 0.0278. The lowest BCUT2D eigenvalue weighted by Gasteiger charge is -2.17. The molecule has 0 radical (unpaired) electrons. The number of rotatable bonds is 8. The van der Waals surface area contributed by atoms with Crippen molar-refractivity contribution in [1.29, 1.82) is 0 Å². The maximum Gasteiger partial charge on any atom is 0.303 e. The summed E-state index contributed by atoms with van der Waals surface area (Å²) < 4.78 is 0. The second-order valence-electron chi connectivity index (χ2n) is 4.01. The van der Waals surface area contributed by atoms with Crippen molar-refractivity contribution in [2.45, 2.75) is 39.5 Å². The van der Waals surface area contributed by atoms with E-state index in [1.807, 2.05) is 0 Å². The number of aliphatic carboxylic acids is 1. The average Bonchev–Trinajstić information content (AvgIpc) is 2.13. The molecule has 0 aromatic carbocycles. The van der Waals surface area contributed by atoms with E-state index in [2.05, 4.69) is 23.9 Å². The summed E-state index contributed by atoms with van der Waals surface area (Å²) in [5.41, 5.74) is 8.20. The van der Waals surface area contributed by atoms with E-state index in [1.54, 1.807) is 0 Å². The van der Waals surface area contributed by atoms with E-state index in [0.717, 1.165) is 19.3 Å². The van der Waals surface area contributed by atoms with Gasteiger partial charge in [-0.2, -0.15) is 0 Å². The lowest BCUT2D eigenvalue weighted by molar-refractivity contribution is -0.138. The minimum atomic E-state index is -0.822. The predicted molar refractivity (Wildman–Crippen MR) is 58.4 cm³/mol. The van der Waals surface area contributed by atoms with Gasteiger partial charge in [-0.3, -0.25) is 4.79 Å². The first-order valence-electron chi connectivity index (χ1n) is 5.32. The van der Waals surface area contributed by atoms with Crippen molar-refractivity contribution < 1.29 is 9.90 Å². The Morgan fingerprint density at radius 3 is 2.73 bits per heavy atom. The summed E-state index contributed by atoms with van der Waals surface area (Å²) in [6, 6.07) is 0. The zero-order valence-corrected chi connectivity index (χ0v) is 9.39. The lowest BCUT2D eigenvalue weighted by Crippen LogP contribution is -2.14. The van der Waals surface area contributed by atoms with E-state index < -0.39 is 5.97 Å². The molecule has 0 aliphatic carbocycles. The van der Waals surface area contributed by atoms with Crippen LogP contribution in [-0.4, -0.2) is 17.6 Å². The third-order valence-electron chi connectivity index (χ3n) is 2.38. The van der Waals surface area contributed by atoms with E-state index in [-0.39, 0.29) is 18.9 Å². The van der Waals surface area contributed by atoms with Gasteiger partial charge in [-0.05, 0) is 23.8 Å². The third-order valence-corrected chi connectivity index (χ3v) is 2.38. The first-order chi connectivity index (χ1) is 7.10. The van der Waals surface area contributed by atoms with Crippen molar-refractivity contribution in [2.24, 2.45) is 17.0 Å². The SMILES string of the molecule is CCC[C@@H](C)C[C@H](CN=[N+]=[N-])CC(=O)O. The molecule has 0 bridgehead atoms. The quantitative estimate of drug-likeness (QED) is 0.381. The Morgan fingerprint density at radius 2 is 2.27 bits per heavy atom. The maximum atomic E-state index is 10.6. The number of azide groups is 1. The fourth-order valence-electron chi connectivity index (χ4n) is 1.80. The smallest absolute Gasteiger partial charge is 0.303 e. The van der Waals surface area contributed by atoms with Crippen molar-refractivity contribution in [2.75, 3.05) is 6.54 Å². The summed E-state index contributed by atoms with van der Waals surface area (Å²) in [4.78, 5) is 13.2. The predicted octanol–water partition coefficient (Wildman–Crippen LogP) is 3.21. The Hall–Kier alpha value is -1.22. The Morgan fingerprint density at radius 1 is 1.60 bits per heavy atom. The second-order valence-corrected chi connectivity index (χ2v) is 4.01. The molecule has 0 aromatic heterocycles. The summed E-state index contributed by atoms with van der Waals surface area (Å²) >= 11 is 0. The summed E-state index contributed by atoms with van der Waals surface area (Å²) in [5.74, 6) is -0.356. The summed E-state index contributed by atoms with van der Waals surface area (Å²) in [6.07, 6.45) is 3.10. The van der Waals surface area contributed by atoms with Gasteiger partial charge in [-0.1, -0.05) is 31.8 Å². The number of carboxylic acid groups (broad SMARTS) is 1. The molecule has 5 nitrogen and oxygen atoms in total. The first kappa shape index (κ1) is 13.8. The summed E-state index contributed by atoms with van der Waals surface area (Å²) in [5, 5.41) is 12.1. The van der Waals surface area contributed by atoms with Crippen molar-refractivity contribution in [1.82, 2.24) is 0 Å². The molecule has 0 heterocycles. The highest BCUT2D eigenvalue weighted by atomic mass is 16.4. The zero-order chi connectivity index (χ0) is 11.7. The molecule has 0 spiro atoms. The monoisotopic (exact) mass is 213 g/mol. The van der Waals surface area contributed by atoms with Gasteiger partial charge in [0.25, 0.3) is 0 Å². The fraction of sp³-hybridized carbons (Fsp3) is 0.900. The molecule has 2 atom stereocenters. The van der Waals surface area contributed by atoms with Crippen molar-refractivity contribution >= 4 is 5.97 Å². The molecule has 0 aliphatic rings. The van der Waals surface area contributed by atoms with Crippen LogP contribution >= 0.6 is 0 Å². The Balaban J connectivity index is 4.09. The van der Waals surface area contributed by atoms with Gasteiger partial charge in [-0.25, -0.2) is 0 Å². The molecule has 0 aromatic rings. The Labute approximate surface area is 90.1 Å². The van der Waals surface area contributed by atoms with Crippen LogP contribution in [0.4, 0.5) is 0 Å². The van der Waals surface area contributed by atoms with Crippen LogP contribution in [0.3, 0.4) is 0 Å². The first-order valence-corrected chi connectivity index (χ1v) is 5.32. The number of nitrogens with zero attached hydrogens (tertiary/aromatic N) is 3. The molecule has 0 amide bonds. The second kappa shape index (κ2) is 8.12. The van der Waals surface area contributed by atoms with Crippen molar-refractivity contribution in [3.63, 3.8) is 0 Å². The molecule has 0 saturated heterocycles. The standard InChI is InChI=1S/C10H19N3O2/c1-3-4-8(2)5-9(6-10(14)15)7-12-13-11/h8-9H,3-7H2,1-2H3,(H,14,15)/t8-,9+/m1/s1. The highest BCUT2D eigenvalue weighted by Crippen LogP contribution is 2.20. The molecule has 0 saturated carbocycles. The van der Waals surface area contributed by atoms with Gasteiger partial charge in [0.15, 0.2) is 0 Å². The molecule has 0 aliphatic heterocycles. The molecule has 1 N–H and O–H groups in total. The largest absolute Gasteiger partial charge is 0.481 e. The van der Waals surface area contributed by atoms with Gasteiger partial charge in [0, 0.05) is 17.9 Å². The van der Waals surface area contributed by atoms with Crippen molar-refractivity contribution in [3.8, 4) is 0 Å². The van der Waals surface area contributed by atoms with Crippen LogP contribution in [0.1, 0.15) is 39.5 Å². The van der Waals surface area contributed by atoms with Crippen molar-refractivity contribution in [3.05, 3.63) is 10.4 Å². The van der Waals surface area contributed by atoms with Crippen LogP contribution in [0.2, 0.25) is 0 Å². The van der Waals surface area contributed by atoms with Gasteiger partial charge in [0.2, 0.25) is 0 Å². The average molecular weight is 213 g/mol. The molecular formula is C10H19N3O2. The molecule has 0 rings (SSSR count). The summed E-state index contributed by atoms with van der Waals surface area (Å²) in [6.45, 7) is 4.50. The van der Waals surface area contributed by atoms with Gasteiger partial charge in [-0.15, -0.1) is 0 Å². The Bertz CT molecular complexity index is 233. The van der Waals surface area contributed by atoms with Crippen LogP contribution in [-0.2, 0) is 4.79 Å². The van der Waals surface area contributed by atoms with Crippen LogP contribution in [0.5, 0.6) is 0 Å². The normalized spacial score (nSPS) is 14.0. The molecule has 0 unspecified atom stereocenters. The maximum absolute atomic E-state index is 10.6. The van der Waals surface area contributed by atoms with E-state index in [9.17, 15) is 4.79 Å². The van der Waals surface area contributed by atoms with Crippen LogP contribution in [0.25, 0.3) is 10.4 Å². The van der Waals surface area contributed by atoms with E-state index >= 15 is 0 Å². The molecule has 86 valence electrons. The highest BCUT2D eigenvalue weighted by Gasteiger charge is 2.15. The Kier molecular flexibility index (Phi) is 7.46. The van der Waals surface area contributed by atoms with Crippen LogP contribution in [0.15, 0.2) is 5.11 Å². The number of hydrogen-bond donors (Lipinski definition) is 1. The molecular weight excluding hydrogens is 194 g/mol. The summed E-state index contributed by atoms with van der Waals surface area (Å²) in [7, 11) is 0. The third kappa shape index (κ3) is 7.82. The van der Waals surface area contributed by atoms with Gasteiger partial charge in [0.05, 0.1) is 0 Å². The van der Waals surface area contributed by atoms with Gasteiger partial charge < -0.3 is 5.11 Å². The number of carboxylic acids is 1. The molecule has 15 heavy (non-hydrogen) atoms. The topological polar surface area (TPSA) is 86.1 Å². The molecule has 5 heteroatoms. The van der Waals surface area contributed by atoms with Crippen LogP contribution in [0, 0.1) is 11.8 Å². The van der Waals surface area contributed by atoms with Crippen LogP contribution < -0.4 is 0 Å². The molecule has 0 fully saturated rings. The van der Waals surface area contributed by atoms with E-state index in [0.29, 0.717) is 5.92 Å². The number of carbonyl (C=O) groups is 1. The minimum Gasteiger partial charge on any atom is -0.481 e. The van der Waals surface area contributed by atoms with E-state index in [1.165, 1.54) is 0 Å². The zero-order valence-electron chi connectivity index (χ0n) is 9.39. The van der Waals surface area contributed by atoms with Gasteiger partial charge in [0.1, 0.15) is 0 Å². The van der Waals surface area contributed by atoms with E-state index in [4.69, 9.17) is 10.6 Å². The lowest BCUT2D eigenvalue weighted by atomic mass is 9.90. The number of hydrogen-bond acceptors (Lipinski definition) is 2.